The third kappa shape index (κ3) is 4.09. The van der Waals surface area contributed by atoms with E-state index < -0.39 is 12.3 Å². The van der Waals surface area contributed by atoms with Crippen molar-refractivity contribution < 1.29 is 27.5 Å². The van der Waals surface area contributed by atoms with Crippen LogP contribution in [0.2, 0.25) is 0 Å². The molecule has 8 heteroatoms. The minimum atomic E-state index is -4.77. The Bertz CT molecular complexity index is 804. The van der Waals surface area contributed by atoms with Crippen molar-refractivity contribution in [2.24, 2.45) is 0 Å². The Kier molecular flexibility index (Phi) is 4.35. The Labute approximate surface area is 141 Å². The summed E-state index contributed by atoms with van der Waals surface area (Å²) in [5.74, 6) is -1.04. The second-order valence-electron chi connectivity index (χ2n) is 5.44. The van der Waals surface area contributed by atoms with Crippen LogP contribution in [0.3, 0.4) is 0 Å². The molecule has 1 aliphatic rings. The molecule has 0 aromatic heterocycles. The van der Waals surface area contributed by atoms with Gasteiger partial charge in [-0.3, -0.25) is 9.59 Å². The summed E-state index contributed by atoms with van der Waals surface area (Å²) in [6.45, 7) is 0.203. The molecule has 1 N–H and O–H groups in total. The van der Waals surface area contributed by atoms with E-state index in [1.54, 1.807) is 12.1 Å². The Morgan fingerprint density at radius 1 is 1.12 bits per heavy atom. The molecule has 2 aromatic carbocycles. The summed E-state index contributed by atoms with van der Waals surface area (Å²) in [6, 6.07) is 11.9. The van der Waals surface area contributed by atoms with Crippen molar-refractivity contribution in [1.82, 2.24) is 4.90 Å². The van der Waals surface area contributed by atoms with Crippen molar-refractivity contribution in [1.29, 1.82) is 0 Å². The number of halogens is 3. The third-order valence-electron chi connectivity index (χ3n) is 3.60. The number of anilines is 1. The van der Waals surface area contributed by atoms with Crippen molar-refractivity contribution in [2.45, 2.75) is 12.9 Å². The van der Waals surface area contributed by atoms with Gasteiger partial charge in [0, 0.05) is 17.8 Å². The van der Waals surface area contributed by atoms with E-state index in [0.717, 1.165) is 17.7 Å². The SMILES string of the molecule is O=C(CN1Cc2ccccc2C1=O)Nc1ccc(OC(F)(F)F)cc1. The van der Waals surface area contributed by atoms with Crippen molar-refractivity contribution >= 4 is 17.5 Å². The lowest BCUT2D eigenvalue weighted by molar-refractivity contribution is -0.274. The first-order valence-corrected chi connectivity index (χ1v) is 7.35. The van der Waals surface area contributed by atoms with Crippen molar-refractivity contribution in [3.8, 4) is 5.75 Å². The molecule has 2 amide bonds. The Balaban J connectivity index is 1.58. The van der Waals surface area contributed by atoms with Gasteiger partial charge in [0.2, 0.25) is 5.91 Å². The van der Waals surface area contributed by atoms with E-state index in [4.69, 9.17) is 0 Å². The van der Waals surface area contributed by atoms with Gasteiger partial charge in [0.05, 0.1) is 0 Å². The number of hydrogen-bond acceptors (Lipinski definition) is 3. The first kappa shape index (κ1) is 16.8. The number of carbonyl (C=O) groups is 2. The van der Waals surface area contributed by atoms with E-state index in [2.05, 4.69) is 10.1 Å². The van der Waals surface area contributed by atoms with Gasteiger partial charge in [0.1, 0.15) is 12.3 Å². The fourth-order valence-corrected chi connectivity index (χ4v) is 2.56. The maximum absolute atomic E-state index is 12.2. The minimum absolute atomic E-state index is 0.145. The standard InChI is InChI=1S/C17H13F3N2O3/c18-17(19,20)25-13-7-5-12(6-8-13)21-15(23)10-22-9-11-3-1-2-4-14(11)16(22)24/h1-8H,9-10H2,(H,21,23). The van der Waals surface area contributed by atoms with Crippen LogP contribution in [0.25, 0.3) is 0 Å². The van der Waals surface area contributed by atoms with Crippen LogP contribution in [0.15, 0.2) is 48.5 Å². The quantitative estimate of drug-likeness (QED) is 0.921. The summed E-state index contributed by atoms with van der Waals surface area (Å²) in [4.78, 5) is 25.7. The molecule has 0 atom stereocenters. The van der Waals surface area contributed by atoms with Crippen molar-refractivity contribution in [3.05, 3.63) is 59.7 Å². The Morgan fingerprint density at radius 2 is 1.80 bits per heavy atom. The number of ether oxygens (including phenoxy) is 1. The van der Waals surface area contributed by atoms with Gasteiger partial charge in [0.15, 0.2) is 0 Å². The van der Waals surface area contributed by atoms with Crippen LogP contribution in [-0.2, 0) is 11.3 Å². The monoisotopic (exact) mass is 350 g/mol. The van der Waals surface area contributed by atoms with Gasteiger partial charge >= 0.3 is 6.36 Å². The minimum Gasteiger partial charge on any atom is -0.406 e. The Hall–Kier alpha value is -3.03. The summed E-state index contributed by atoms with van der Waals surface area (Å²) in [6.07, 6.45) is -4.77. The smallest absolute Gasteiger partial charge is 0.406 e. The van der Waals surface area contributed by atoms with Crippen LogP contribution in [0.1, 0.15) is 15.9 Å². The molecule has 0 unspecified atom stereocenters. The summed E-state index contributed by atoms with van der Waals surface area (Å²) >= 11 is 0. The zero-order valence-corrected chi connectivity index (χ0v) is 12.8. The number of nitrogens with one attached hydrogen (secondary N) is 1. The van der Waals surface area contributed by atoms with Gasteiger partial charge in [-0.2, -0.15) is 0 Å². The number of hydrogen-bond donors (Lipinski definition) is 1. The Morgan fingerprint density at radius 3 is 2.44 bits per heavy atom. The lowest BCUT2D eigenvalue weighted by atomic mass is 10.1. The van der Waals surface area contributed by atoms with E-state index in [9.17, 15) is 22.8 Å². The largest absolute Gasteiger partial charge is 0.573 e. The van der Waals surface area contributed by atoms with Crippen molar-refractivity contribution in [3.63, 3.8) is 0 Å². The highest BCUT2D eigenvalue weighted by Crippen LogP contribution is 2.24. The molecule has 0 radical (unpaired) electrons. The molecular weight excluding hydrogens is 337 g/mol. The molecule has 3 rings (SSSR count). The second kappa shape index (κ2) is 6.46. The van der Waals surface area contributed by atoms with Crippen LogP contribution in [0.4, 0.5) is 18.9 Å². The third-order valence-corrected chi connectivity index (χ3v) is 3.60. The summed E-state index contributed by atoms with van der Waals surface area (Å²) < 4.78 is 40.1. The molecule has 1 aliphatic heterocycles. The molecule has 1 heterocycles. The average molecular weight is 350 g/mol. The summed E-state index contributed by atoms with van der Waals surface area (Å²) in [5.41, 5.74) is 1.74. The second-order valence-corrected chi connectivity index (χ2v) is 5.44. The lowest BCUT2D eigenvalue weighted by Gasteiger charge is -2.15. The highest BCUT2D eigenvalue weighted by atomic mass is 19.4. The fourth-order valence-electron chi connectivity index (χ4n) is 2.56. The zero-order valence-electron chi connectivity index (χ0n) is 12.8. The number of fused-ring (bicyclic) bond motifs is 1. The van der Waals surface area contributed by atoms with Gasteiger partial charge in [-0.1, -0.05) is 18.2 Å². The number of amides is 2. The number of alkyl halides is 3. The first-order chi connectivity index (χ1) is 11.8. The van der Waals surface area contributed by atoms with E-state index in [1.165, 1.54) is 17.0 Å². The number of nitrogens with zero attached hydrogens (tertiary/aromatic N) is 1. The first-order valence-electron chi connectivity index (χ1n) is 7.35. The molecule has 0 bridgehead atoms. The molecule has 130 valence electrons. The molecule has 5 nitrogen and oxygen atoms in total. The van der Waals surface area contributed by atoms with E-state index in [-0.39, 0.29) is 18.2 Å². The van der Waals surface area contributed by atoms with Crippen LogP contribution in [-0.4, -0.2) is 29.6 Å². The molecular formula is C17H13F3N2O3. The number of benzene rings is 2. The molecule has 0 aliphatic carbocycles. The van der Waals surface area contributed by atoms with Gasteiger partial charge in [0.25, 0.3) is 5.91 Å². The highest BCUT2D eigenvalue weighted by Gasteiger charge is 2.31. The molecule has 25 heavy (non-hydrogen) atoms. The maximum Gasteiger partial charge on any atom is 0.573 e. The summed E-state index contributed by atoms with van der Waals surface area (Å²) in [7, 11) is 0. The van der Waals surface area contributed by atoms with Gasteiger partial charge in [-0.25, -0.2) is 0 Å². The predicted octanol–water partition coefficient (Wildman–Crippen LogP) is 3.18. The van der Waals surface area contributed by atoms with Crippen LogP contribution >= 0.6 is 0 Å². The molecule has 0 saturated carbocycles. The van der Waals surface area contributed by atoms with Crippen LogP contribution < -0.4 is 10.1 Å². The molecule has 2 aromatic rings. The zero-order chi connectivity index (χ0) is 18.0. The number of rotatable bonds is 4. The fraction of sp³-hybridized carbons (Fsp3) is 0.176. The normalized spacial score (nSPS) is 13.6. The lowest BCUT2D eigenvalue weighted by Crippen LogP contribution is -2.33. The van der Waals surface area contributed by atoms with E-state index >= 15 is 0 Å². The molecule has 0 fully saturated rings. The van der Waals surface area contributed by atoms with E-state index in [0.29, 0.717) is 17.8 Å². The van der Waals surface area contributed by atoms with Crippen LogP contribution in [0.5, 0.6) is 5.75 Å². The highest BCUT2D eigenvalue weighted by molar-refractivity contribution is 6.02. The van der Waals surface area contributed by atoms with E-state index in [1.807, 2.05) is 12.1 Å². The van der Waals surface area contributed by atoms with Crippen molar-refractivity contribution in [2.75, 3.05) is 11.9 Å². The van der Waals surface area contributed by atoms with Gasteiger partial charge in [-0.15, -0.1) is 13.2 Å². The maximum atomic E-state index is 12.2. The summed E-state index contributed by atoms with van der Waals surface area (Å²) in [5, 5.41) is 2.54. The predicted molar refractivity (Wildman–Crippen MR) is 82.9 cm³/mol. The molecule has 0 saturated heterocycles. The van der Waals surface area contributed by atoms with Gasteiger partial charge in [-0.05, 0) is 35.9 Å². The molecule has 0 spiro atoms. The number of carbonyl (C=O) groups excluding carboxylic acids is 2. The topological polar surface area (TPSA) is 58.6 Å². The van der Waals surface area contributed by atoms with Gasteiger partial charge < -0.3 is 15.0 Å². The average Bonchev–Trinajstić information content (AvgIpc) is 2.84. The van der Waals surface area contributed by atoms with Crippen LogP contribution in [0, 0.1) is 0 Å².